The van der Waals surface area contributed by atoms with Crippen molar-refractivity contribution in [1.82, 2.24) is 29.4 Å². The SMILES string of the molecule is [C-]#[N+]c1cnc2c(NC3CC3)nc(Nc3cc(C#N)cc(C(F)(F)CCN4CCN(C)CC4)c3Cl)nn12. The fourth-order valence-corrected chi connectivity index (χ4v) is 4.48. The Balaban J connectivity index is 1.44. The van der Waals surface area contributed by atoms with Crippen molar-refractivity contribution in [3.8, 4) is 6.07 Å². The first kappa shape index (κ1) is 25.1. The normalized spacial score (nSPS) is 16.9. The molecule has 1 aliphatic carbocycles. The predicted octanol–water partition coefficient (Wildman–Crippen LogP) is 4.25. The van der Waals surface area contributed by atoms with Gasteiger partial charge < -0.3 is 25.3 Å². The summed E-state index contributed by atoms with van der Waals surface area (Å²) in [6.45, 7) is 10.7. The highest BCUT2D eigenvalue weighted by Gasteiger charge is 2.36. The molecule has 10 nitrogen and oxygen atoms in total. The van der Waals surface area contributed by atoms with Crippen LogP contribution in [-0.4, -0.2) is 75.2 Å². The fourth-order valence-electron chi connectivity index (χ4n) is 4.19. The van der Waals surface area contributed by atoms with E-state index in [4.69, 9.17) is 18.2 Å². The molecule has 2 aliphatic rings. The summed E-state index contributed by atoms with van der Waals surface area (Å²) in [7, 11) is 2.01. The van der Waals surface area contributed by atoms with Crippen LogP contribution < -0.4 is 10.6 Å². The summed E-state index contributed by atoms with van der Waals surface area (Å²) in [4.78, 5) is 16.3. The van der Waals surface area contributed by atoms with Crippen LogP contribution in [0.4, 0.5) is 32.1 Å². The number of anilines is 3. The molecule has 3 heterocycles. The molecule has 37 heavy (non-hydrogen) atoms. The van der Waals surface area contributed by atoms with Gasteiger partial charge in [0, 0.05) is 50.7 Å². The molecule has 0 unspecified atom stereocenters. The fraction of sp³-hybridized carbons (Fsp3) is 0.458. The monoisotopic (exact) mass is 526 g/mol. The standard InChI is InChI=1S/C24H25ClF2N10/c1-29-19-14-30-22-21(31-16-3-4-16)33-23(34-37(19)22)32-18-12-15(13-28)11-17(20(18)25)24(26,27)5-6-36-9-7-35(2)8-10-36/h11-12,14,16H,3-10H2,2H3,(H2,31,32,33,34). The van der Waals surface area contributed by atoms with Crippen LogP contribution >= 0.6 is 11.6 Å². The largest absolute Gasteiger partial charge is 0.362 e. The minimum absolute atomic E-state index is 0.0299. The summed E-state index contributed by atoms with van der Waals surface area (Å²) >= 11 is 6.49. The number of likely N-dealkylation sites (N-methyl/N-ethyl adjacent to an activating group) is 1. The van der Waals surface area contributed by atoms with Crippen LogP contribution in [0.25, 0.3) is 10.5 Å². The van der Waals surface area contributed by atoms with Gasteiger partial charge in [-0.2, -0.15) is 10.2 Å². The summed E-state index contributed by atoms with van der Waals surface area (Å²) in [5, 5.41) is 19.8. The highest BCUT2D eigenvalue weighted by atomic mass is 35.5. The average Bonchev–Trinajstić information content (AvgIpc) is 3.60. The first-order valence-electron chi connectivity index (χ1n) is 12.0. The second-order valence-electron chi connectivity index (χ2n) is 9.39. The van der Waals surface area contributed by atoms with E-state index in [0.717, 1.165) is 45.1 Å². The molecule has 192 valence electrons. The van der Waals surface area contributed by atoms with Gasteiger partial charge in [-0.1, -0.05) is 23.3 Å². The summed E-state index contributed by atoms with van der Waals surface area (Å²) in [5.74, 6) is -2.63. The second kappa shape index (κ2) is 10.1. The molecule has 3 aromatic rings. The maximum atomic E-state index is 15.4. The number of imidazole rings is 1. The number of nitriles is 1. The Hall–Kier alpha value is -3.58. The molecule has 1 aliphatic heterocycles. The Morgan fingerprint density at radius 2 is 2.03 bits per heavy atom. The summed E-state index contributed by atoms with van der Waals surface area (Å²) in [5.41, 5.74) is 0.0717. The van der Waals surface area contributed by atoms with Gasteiger partial charge >= 0.3 is 0 Å². The Kier molecular flexibility index (Phi) is 6.82. The van der Waals surface area contributed by atoms with Gasteiger partial charge in [-0.15, -0.1) is 4.52 Å². The van der Waals surface area contributed by atoms with E-state index >= 15 is 8.78 Å². The number of benzene rings is 1. The lowest BCUT2D eigenvalue weighted by Crippen LogP contribution is -2.45. The molecule has 0 amide bonds. The zero-order chi connectivity index (χ0) is 26.2. The van der Waals surface area contributed by atoms with E-state index in [2.05, 4.69) is 35.4 Å². The molecule has 2 fully saturated rings. The van der Waals surface area contributed by atoms with Crippen LogP contribution in [0.5, 0.6) is 0 Å². The van der Waals surface area contributed by atoms with Gasteiger partial charge in [0.15, 0.2) is 5.82 Å². The minimum Gasteiger partial charge on any atom is -0.362 e. The number of halogens is 3. The molecule has 5 rings (SSSR count). The zero-order valence-electron chi connectivity index (χ0n) is 20.2. The number of hydrogen-bond donors (Lipinski definition) is 2. The Morgan fingerprint density at radius 3 is 2.70 bits per heavy atom. The topological polar surface area (TPSA) is 102 Å². The third-order valence-corrected chi connectivity index (χ3v) is 6.96. The maximum absolute atomic E-state index is 15.4. The third kappa shape index (κ3) is 5.42. The minimum atomic E-state index is -3.26. The smallest absolute Gasteiger partial charge is 0.276 e. The van der Waals surface area contributed by atoms with Gasteiger partial charge in [0.1, 0.15) is 0 Å². The molecule has 1 saturated heterocycles. The summed E-state index contributed by atoms with van der Waals surface area (Å²) < 4.78 is 32.2. The van der Waals surface area contributed by atoms with Crippen LogP contribution in [0, 0.1) is 17.9 Å². The van der Waals surface area contributed by atoms with E-state index in [-0.39, 0.29) is 40.6 Å². The number of rotatable bonds is 8. The first-order valence-corrected chi connectivity index (χ1v) is 12.3. The van der Waals surface area contributed by atoms with Gasteiger partial charge in [0.05, 0.1) is 28.5 Å². The molecular weight excluding hydrogens is 502 g/mol. The second-order valence-corrected chi connectivity index (χ2v) is 9.77. The molecule has 1 saturated carbocycles. The number of fused-ring (bicyclic) bond motifs is 1. The van der Waals surface area contributed by atoms with Gasteiger partial charge in [-0.05, 0) is 32.0 Å². The highest BCUT2D eigenvalue weighted by Crippen LogP contribution is 2.41. The van der Waals surface area contributed by atoms with Crippen LogP contribution in [0.3, 0.4) is 0 Å². The molecule has 1 aromatic carbocycles. The summed E-state index contributed by atoms with van der Waals surface area (Å²) in [6, 6.07) is 4.70. The van der Waals surface area contributed by atoms with Gasteiger partial charge in [0.2, 0.25) is 0 Å². The van der Waals surface area contributed by atoms with Gasteiger partial charge in [0.25, 0.3) is 23.3 Å². The lowest BCUT2D eigenvalue weighted by atomic mass is 10.0. The molecule has 2 aromatic heterocycles. The molecule has 0 atom stereocenters. The molecule has 0 radical (unpaired) electrons. The van der Waals surface area contributed by atoms with Crippen molar-refractivity contribution in [2.75, 3.05) is 50.4 Å². The van der Waals surface area contributed by atoms with Crippen molar-refractivity contribution in [2.45, 2.75) is 31.2 Å². The number of piperazine rings is 1. The Morgan fingerprint density at radius 1 is 1.27 bits per heavy atom. The maximum Gasteiger partial charge on any atom is 0.276 e. The van der Waals surface area contributed by atoms with Crippen LogP contribution in [0.1, 0.15) is 30.4 Å². The first-order chi connectivity index (χ1) is 17.8. The lowest BCUT2D eigenvalue weighted by Gasteiger charge is -2.33. The summed E-state index contributed by atoms with van der Waals surface area (Å²) in [6.07, 6.45) is 2.93. The molecule has 0 spiro atoms. The number of nitrogens with zero attached hydrogens (tertiary/aromatic N) is 8. The van der Waals surface area contributed by atoms with E-state index in [1.807, 2.05) is 18.0 Å². The van der Waals surface area contributed by atoms with Crippen LogP contribution in [-0.2, 0) is 5.92 Å². The highest BCUT2D eigenvalue weighted by molar-refractivity contribution is 6.34. The third-order valence-electron chi connectivity index (χ3n) is 6.56. The molecule has 0 bridgehead atoms. The van der Waals surface area contributed by atoms with Crippen molar-refractivity contribution >= 4 is 40.5 Å². The lowest BCUT2D eigenvalue weighted by molar-refractivity contribution is -0.0246. The van der Waals surface area contributed by atoms with Crippen molar-refractivity contribution in [1.29, 1.82) is 5.26 Å². The number of nitrogens with one attached hydrogen (secondary N) is 2. The molecule has 2 N–H and O–H groups in total. The number of alkyl halides is 2. The van der Waals surface area contributed by atoms with E-state index in [9.17, 15) is 5.26 Å². The van der Waals surface area contributed by atoms with Crippen LogP contribution in [0.15, 0.2) is 18.3 Å². The van der Waals surface area contributed by atoms with Gasteiger partial charge in [-0.3, -0.25) is 0 Å². The number of aromatic nitrogens is 4. The van der Waals surface area contributed by atoms with E-state index in [1.54, 1.807) is 0 Å². The zero-order valence-corrected chi connectivity index (χ0v) is 20.9. The van der Waals surface area contributed by atoms with E-state index in [0.29, 0.717) is 11.5 Å². The van der Waals surface area contributed by atoms with Crippen molar-refractivity contribution < 1.29 is 8.78 Å². The van der Waals surface area contributed by atoms with Gasteiger partial charge in [-0.25, -0.2) is 13.8 Å². The Labute approximate surface area is 217 Å². The van der Waals surface area contributed by atoms with Crippen molar-refractivity contribution in [3.63, 3.8) is 0 Å². The molecule has 13 heteroatoms. The quantitative estimate of drug-likeness (QED) is 0.420. The van der Waals surface area contributed by atoms with Crippen LogP contribution in [0.2, 0.25) is 5.02 Å². The van der Waals surface area contributed by atoms with Crippen molar-refractivity contribution in [2.24, 2.45) is 0 Å². The van der Waals surface area contributed by atoms with E-state index < -0.39 is 17.9 Å². The van der Waals surface area contributed by atoms with E-state index in [1.165, 1.54) is 16.8 Å². The molecular formula is C24H25ClF2N10. The van der Waals surface area contributed by atoms with Crippen molar-refractivity contribution in [3.05, 3.63) is 45.9 Å². The predicted molar refractivity (Wildman–Crippen MR) is 136 cm³/mol. The Bertz CT molecular complexity index is 1400. The number of hydrogen-bond acceptors (Lipinski definition) is 8. The average molecular weight is 527 g/mol.